The average molecular weight is 1080 g/mol. The van der Waals surface area contributed by atoms with Gasteiger partial charge in [-0.05, 0) is 127 Å². The second-order valence-electron chi connectivity index (χ2n) is 26.2. The molecule has 17 heteroatoms. The van der Waals surface area contributed by atoms with Crippen LogP contribution in [0.25, 0.3) is 12.2 Å². The summed E-state index contributed by atoms with van der Waals surface area (Å²) < 4.78 is 69.7. The number of aliphatic hydroxyl groups is 4. The first-order valence-electron chi connectivity index (χ1n) is 28.5. The van der Waals surface area contributed by atoms with Crippen LogP contribution < -0.4 is 0 Å². The normalized spacial score (nSPS) is 43.2. The Morgan fingerprint density at radius 1 is 0.731 bits per heavy atom. The van der Waals surface area contributed by atoms with E-state index in [4.69, 9.17) is 28.8 Å². The number of carbonyl (C=O) groups excluding carboxylic acids is 2. The number of aromatic nitrogens is 4. The van der Waals surface area contributed by atoms with Crippen LogP contribution in [0.1, 0.15) is 149 Å². The van der Waals surface area contributed by atoms with E-state index in [1.165, 1.54) is 0 Å². The molecule has 16 atom stereocenters. The molecule has 4 heterocycles. The molecule has 8 aliphatic carbocycles. The number of ketones is 2. The van der Waals surface area contributed by atoms with E-state index >= 15 is 8.78 Å². The second kappa shape index (κ2) is 18.7. The summed E-state index contributed by atoms with van der Waals surface area (Å²) >= 11 is 0. The molecule has 15 nitrogen and oxygen atoms in total. The van der Waals surface area contributed by atoms with Crippen LogP contribution in [0.4, 0.5) is 8.78 Å². The van der Waals surface area contributed by atoms with Crippen molar-refractivity contribution < 1.29 is 62.5 Å². The first-order valence-corrected chi connectivity index (χ1v) is 28.5. The molecule has 0 radical (unpaired) electrons. The van der Waals surface area contributed by atoms with Crippen molar-refractivity contribution >= 4 is 23.7 Å². The zero-order chi connectivity index (χ0) is 56.0. The van der Waals surface area contributed by atoms with Crippen molar-refractivity contribution in [2.24, 2.45) is 45.3 Å². The Hall–Kier alpha value is -4.14. The van der Waals surface area contributed by atoms with Gasteiger partial charge in [0, 0.05) is 59.6 Å². The largest absolute Gasteiger partial charge is 0.390 e. The number of carbonyl (C=O) groups is 2. The lowest BCUT2D eigenvalue weighted by Crippen LogP contribution is -2.70. The van der Waals surface area contributed by atoms with E-state index in [0.29, 0.717) is 77.5 Å². The summed E-state index contributed by atoms with van der Waals surface area (Å²) in [5.41, 5.74) is -4.47. The molecular weight excluding hydrogens is 1000 g/mol. The van der Waals surface area contributed by atoms with E-state index < -0.39 is 117 Å². The Bertz CT molecular complexity index is 2980. The Morgan fingerprint density at radius 2 is 1.24 bits per heavy atom. The Kier molecular flexibility index (Phi) is 13.4. The number of halogens is 2. The molecule has 0 aromatic carbocycles. The molecule has 2 aromatic rings. The van der Waals surface area contributed by atoms with Gasteiger partial charge >= 0.3 is 0 Å². The molecule has 78 heavy (non-hydrogen) atoms. The van der Waals surface area contributed by atoms with E-state index in [9.17, 15) is 30.0 Å². The van der Waals surface area contributed by atoms with Crippen molar-refractivity contribution in [3.8, 4) is 23.7 Å². The van der Waals surface area contributed by atoms with E-state index in [-0.39, 0.29) is 24.7 Å². The third kappa shape index (κ3) is 7.40. The van der Waals surface area contributed by atoms with Crippen LogP contribution in [0.5, 0.6) is 0 Å². The van der Waals surface area contributed by atoms with Crippen molar-refractivity contribution in [1.82, 2.24) is 19.6 Å². The Morgan fingerprint density at radius 3 is 1.76 bits per heavy atom. The lowest BCUT2D eigenvalue weighted by atomic mass is 9.43. The minimum absolute atomic E-state index is 0.0540. The van der Waals surface area contributed by atoms with E-state index in [0.717, 1.165) is 40.1 Å². The van der Waals surface area contributed by atoms with Crippen LogP contribution in [-0.4, -0.2) is 137 Å². The maximum absolute atomic E-state index is 17.9. The predicted molar refractivity (Wildman–Crippen MR) is 283 cm³/mol. The van der Waals surface area contributed by atoms with Crippen LogP contribution in [0, 0.1) is 69.0 Å². The third-order valence-electron chi connectivity index (χ3n) is 21.6. The fraction of sp³-hybridized carbons (Fsp3) is 0.738. The summed E-state index contributed by atoms with van der Waals surface area (Å²) in [5.74, 6) is 8.05. The molecule has 2 aromatic heterocycles. The maximum atomic E-state index is 17.9. The molecule has 2 saturated heterocycles. The number of Topliss-reactive ketones (excluding diaryl/α,β-unsaturated/α-hetero) is 2. The highest BCUT2D eigenvalue weighted by Crippen LogP contribution is 2.75. The zero-order valence-electron chi connectivity index (χ0n) is 47.1. The minimum atomic E-state index is -1.90. The molecule has 10 aliphatic rings. The third-order valence-corrected chi connectivity index (χ3v) is 21.6. The van der Waals surface area contributed by atoms with Crippen LogP contribution in [0.3, 0.4) is 0 Å². The summed E-state index contributed by atoms with van der Waals surface area (Å²) in [7, 11) is 1.65. The number of ether oxygens (including phenoxy) is 5. The van der Waals surface area contributed by atoms with Gasteiger partial charge in [-0.15, -0.1) is 5.92 Å². The fourth-order valence-electron chi connectivity index (χ4n) is 18.5. The van der Waals surface area contributed by atoms with Crippen molar-refractivity contribution in [3.63, 3.8) is 0 Å². The van der Waals surface area contributed by atoms with Gasteiger partial charge in [0.15, 0.2) is 34.3 Å². The van der Waals surface area contributed by atoms with Gasteiger partial charge in [-0.2, -0.15) is 10.2 Å². The monoisotopic (exact) mass is 1080 g/mol. The van der Waals surface area contributed by atoms with Crippen LogP contribution in [0.2, 0.25) is 0 Å². The minimum Gasteiger partial charge on any atom is -0.390 e. The number of methoxy groups -OCH3 is 1. The van der Waals surface area contributed by atoms with Crippen molar-refractivity contribution in [1.29, 1.82) is 0 Å². The highest BCUT2D eigenvalue weighted by molar-refractivity contribution is 5.92. The molecule has 6 saturated carbocycles. The number of rotatable bonds is 8. The topological polar surface area (TPSA) is 197 Å². The summed E-state index contributed by atoms with van der Waals surface area (Å²) in [6.45, 7) is 17.0. The first-order chi connectivity index (χ1) is 36.7. The van der Waals surface area contributed by atoms with Crippen molar-refractivity contribution in [2.45, 2.75) is 211 Å². The number of hydrogen-bond donors (Lipinski definition) is 4. The number of nitrogens with zero attached hydrogens (tertiary/aromatic N) is 4. The van der Waals surface area contributed by atoms with Gasteiger partial charge in [0.25, 0.3) is 0 Å². The van der Waals surface area contributed by atoms with Crippen LogP contribution in [0.15, 0.2) is 23.5 Å². The Labute approximate surface area is 457 Å². The molecule has 2 aliphatic heterocycles. The SMILES string of the molecule is CCC#CCn1ncc2c1C=C1CC[C@H]3[C@@H]4C[C@H]5OC(C)(C)O[C@@]5(C(=O)CO)[C@@]4(C)C[C@H](O)[C@]3(F)[C@@]1(C)C2.COCCC#CCn1cc2c(n1)C=C1CC[C@H]3[C@@H]4C[C@H]5OC(C)(C)O[C@@]5(C(=O)CO)[C@@]4(C)C[C@H](O)[C@]3(F)[C@@]1(C)C2. The molecule has 0 amide bonds. The summed E-state index contributed by atoms with van der Waals surface area (Å²) in [6.07, 6.45) is 9.91. The van der Waals surface area contributed by atoms with Crippen LogP contribution >= 0.6 is 0 Å². The van der Waals surface area contributed by atoms with Crippen molar-refractivity contribution in [2.75, 3.05) is 26.9 Å². The zero-order valence-corrected chi connectivity index (χ0v) is 47.1. The highest BCUT2D eigenvalue weighted by atomic mass is 19.1. The summed E-state index contributed by atoms with van der Waals surface area (Å²) in [6, 6.07) is 0. The standard InChI is InChI=1S/C31H41FN2O6.C30H39FN2O5/c1-27(2)39-26-14-22-21-10-9-20-13-23-19(17-34(33-23)11-7-6-8-12-38-5)15-28(20,3)30(21,32)24(36)16-29(22,4)31(26,40-27)25(37)18-35;1-6-7-8-11-33-22-12-19-9-10-20-21-13-25-30(24(36)17-34,38-26(2,3)37-25)28(21,5)15-23(35)29(20,31)27(19,4)14-18(22)16-32-33/h13,17,21-22,24,26,35-36H,8-12,14-16,18H2,1-5H3;12,16,20-21,23,25,34-35H,6,9-11,13-15,17H2,1-5H3/t21-,22-,24-,26+,28-,29-,30-,31+;20-,21-,23-,25+,27-,28-,29-,30+/m00/s1. The Balaban J connectivity index is 0.000000166. The number of fused-ring (bicyclic) bond motifs is 16. The smallest absolute Gasteiger partial charge is 0.193 e. The molecule has 424 valence electrons. The quantitative estimate of drug-likeness (QED) is 0.159. The summed E-state index contributed by atoms with van der Waals surface area (Å²) in [4.78, 5) is 26.8. The number of alkyl halides is 2. The number of aliphatic hydroxyl groups excluding tert-OH is 4. The molecule has 0 spiro atoms. The average Bonchev–Trinajstić information content (AvgIpc) is 4.26. The first kappa shape index (κ1) is 55.8. The van der Waals surface area contributed by atoms with Crippen molar-refractivity contribution in [3.05, 3.63) is 46.1 Å². The van der Waals surface area contributed by atoms with Gasteiger partial charge in [0.05, 0.1) is 48.6 Å². The predicted octanol–water partition coefficient (Wildman–Crippen LogP) is 6.83. The number of hydrogen-bond acceptors (Lipinski definition) is 13. The van der Waals surface area contributed by atoms with E-state index in [1.807, 2.05) is 57.8 Å². The van der Waals surface area contributed by atoms with Gasteiger partial charge in [-0.25, -0.2) is 8.78 Å². The fourth-order valence-corrected chi connectivity index (χ4v) is 18.5. The van der Waals surface area contributed by atoms with Gasteiger partial charge < -0.3 is 44.1 Å². The second-order valence-corrected chi connectivity index (χ2v) is 26.2. The molecule has 4 N–H and O–H groups in total. The highest BCUT2D eigenvalue weighted by Gasteiger charge is 2.82. The molecule has 0 bridgehead atoms. The maximum Gasteiger partial charge on any atom is 0.193 e. The molecular formula is C61H80F2N4O11. The molecule has 0 unspecified atom stereocenters. The number of allylic oxidation sites excluding steroid dienone is 2. The lowest BCUT2D eigenvalue weighted by Gasteiger charge is -2.63. The van der Waals surface area contributed by atoms with E-state index in [2.05, 4.69) is 34.9 Å². The van der Waals surface area contributed by atoms with Crippen LogP contribution in [-0.2, 0) is 59.2 Å². The lowest BCUT2D eigenvalue weighted by molar-refractivity contribution is -0.250. The van der Waals surface area contributed by atoms with Gasteiger partial charge in [0.1, 0.15) is 37.6 Å². The van der Waals surface area contributed by atoms with Gasteiger partial charge in [-0.3, -0.25) is 19.0 Å². The van der Waals surface area contributed by atoms with Gasteiger partial charge in [-0.1, -0.05) is 63.5 Å². The van der Waals surface area contributed by atoms with E-state index in [1.54, 1.807) is 39.5 Å². The molecule has 8 fully saturated rings. The summed E-state index contributed by atoms with van der Waals surface area (Å²) in [5, 5.41) is 52.8. The van der Waals surface area contributed by atoms with Gasteiger partial charge in [0.2, 0.25) is 0 Å². The molecule has 12 rings (SSSR count).